The first-order valence-electron chi connectivity index (χ1n) is 5.75. The van der Waals surface area contributed by atoms with Gasteiger partial charge in [0.15, 0.2) is 0 Å². The Morgan fingerprint density at radius 1 is 1.47 bits per heavy atom. The number of hydrogen-bond donors (Lipinski definition) is 1. The smallest absolute Gasteiger partial charge is 0.377 e. The molecule has 0 radical (unpaired) electrons. The fourth-order valence-electron chi connectivity index (χ4n) is 2.10. The summed E-state index contributed by atoms with van der Waals surface area (Å²) in [4.78, 5) is 13.1. The SMILES string of the molecule is CC1CC(Nc2cc(C(F)(F)F)ncc2[N+](=O)[O-])C1. The van der Waals surface area contributed by atoms with E-state index in [-0.39, 0.29) is 11.7 Å². The highest BCUT2D eigenvalue weighted by molar-refractivity contribution is 5.61. The van der Waals surface area contributed by atoms with Crippen molar-refractivity contribution in [2.45, 2.75) is 32.0 Å². The van der Waals surface area contributed by atoms with Gasteiger partial charge in [-0.05, 0) is 24.8 Å². The molecule has 0 atom stereocenters. The Morgan fingerprint density at radius 2 is 2.11 bits per heavy atom. The second kappa shape index (κ2) is 4.67. The van der Waals surface area contributed by atoms with Gasteiger partial charge in [-0.25, -0.2) is 4.98 Å². The molecule has 1 fully saturated rings. The molecule has 0 aliphatic heterocycles. The van der Waals surface area contributed by atoms with Crippen LogP contribution in [0.2, 0.25) is 0 Å². The van der Waals surface area contributed by atoms with Crippen LogP contribution in [-0.2, 0) is 6.18 Å². The molecule has 1 heterocycles. The molecule has 1 aromatic heterocycles. The molecule has 1 aliphatic carbocycles. The Balaban J connectivity index is 2.28. The molecule has 0 spiro atoms. The molecule has 2 rings (SSSR count). The van der Waals surface area contributed by atoms with E-state index < -0.39 is 22.5 Å². The van der Waals surface area contributed by atoms with Crippen LogP contribution < -0.4 is 5.32 Å². The molecule has 1 N–H and O–H groups in total. The normalized spacial score (nSPS) is 22.7. The molecule has 1 aromatic rings. The average molecular weight is 275 g/mol. The molecule has 0 unspecified atom stereocenters. The predicted molar refractivity (Wildman–Crippen MR) is 61.7 cm³/mol. The van der Waals surface area contributed by atoms with Gasteiger partial charge in [-0.2, -0.15) is 13.2 Å². The molecule has 5 nitrogen and oxygen atoms in total. The van der Waals surface area contributed by atoms with E-state index in [0.717, 1.165) is 12.8 Å². The first-order chi connectivity index (χ1) is 8.77. The molecular weight excluding hydrogens is 263 g/mol. The van der Waals surface area contributed by atoms with Gasteiger partial charge >= 0.3 is 11.9 Å². The van der Waals surface area contributed by atoms with Crippen molar-refractivity contribution in [1.82, 2.24) is 4.98 Å². The lowest BCUT2D eigenvalue weighted by Gasteiger charge is -2.33. The van der Waals surface area contributed by atoms with Crippen LogP contribution in [0.15, 0.2) is 12.3 Å². The van der Waals surface area contributed by atoms with Crippen molar-refractivity contribution in [2.75, 3.05) is 5.32 Å². The highest BCUT2D eigenvalue weighted by Gasteiger charge is 2.35. The van der Waals surface area contributed by atoms with Crippen molar-refractivity contribution in [2.24, 2.45) is 5.92 Å². The fraction of sp³-hybridized carbons (Fsp3) is 0.545. The number of nitrogens with one attached hydrogen (secondary N) is 1. The first kappa shape index (κ1) is 13.6. The van der Waals surface area contributed by atoms with Gasteiger partial charge in [0.1, 0.15) is 17.6 Å². The molecule has 0 amide bonds. The molecule has 0 aromatic carbocycles. The quantitative estimate of drug-likeness (QED) is 0.679. The van der Waals surface area contributed by atoms with Crippen LogP contribution in [0.25, 0.3) is 0 Å². The van der Waals surface area contributed by atoms with E-state index in [9.17, 15) is 23.3 Å². The maximum atomic E-state index is 12.5. The van der Waals surface area contributed by atoms with Gasteiger partial charge in [-0.15, -0.1) is 0 Å². The van der Waals surface area contributed by atoms with E-state index in [1.54, 1.807) is 0 Å². The van der Waals surface area contributed by atoms with Gasteiger partial charge in [0.25, 0.3) is 0 Å². The molecular formula is C11H12F3N3O2. The zero-order valence-electron chi connectivity index (χ0n) is 10.1. The summed E-state index contributed by atoms with van der Waals surface area (Å²) in [7, 11) is 0. The summed E-state index contributed by atoms with van der Waals surface area (Å²) < 4.78 is 37.6. The van der Waals surface area contributed by atoms with Gasteiger partial charge in [-0.3, -0.25) is 10.1 Å². The summed E-state index contributed by atoms with van der Waals surface area (Å²) in [6, 6.07) is 0.679. The number of nitro groups is 1. The molecule has 19 heavy (non-hydrogen) atoms. The minimum atomic E-state index is -4.61. The summed E-state index contributed by atoms with van der Waals surface area (Å²) >= 11 is 0. The maximum absolute atomic E-state index is 12.5. The lowest BCUT2D eigenvalue weighted by Crippen LogP contribution is -2.34. The van der Waals surface area contributed by atoms with Gasteiger partial charge in [-0.1, -0.05) is 6.92 Å². The number of anilines is 1. The van der Waals surface area contributed by atoms with Crippen LogP contribution in [0.4, 0.5) is 24.5 Å². The Morgan fingerprint density at radius 3 is 2.58 bits per heavy atom. The molecule has 0 saturated heterocycles. The van der Waals surface area contributed by atoms with Gasteiger partial charge in [0.05, 0.1) is 4.92 Å². The van der Waals surface area contributed by atoms with E-state index in [0.29, 0.717) is 18.2 Å². The second-order valence-electron chi connectivity index (χ2n) is 4.76. The summed E-state index contributed by atoms with van der Waals surface area (Å²) in [5, 5.41) is 13.6. The van der Waals surface area contributed by atoms with Crippen molar-refractivity contribution in [1.29, 1.82) is 0 Å². The number of halogens is 3. The third-order valence-corrected chi connectivity index (χ3v) is 3.10. The van der Waals surface area contributed by atoms with E-state index >= 15 is 0 Å². The molecule has 1 aliphatic rings. The highest BCUT2D eigenvalue weighted by Crippen LogP contribution is 2.36. The fourth-order valence-corrected chi connectivity index (χ4v) is 2.10. The average Bonchev–Trinajstić information content (AvgIpc) is 2.25. The summed E-state index contributed by atoms with van der Waals surface area (Å²) in [6.07, 6.45) is -2.38. The van der Waals surface area contributed by atoms with Gasteiger partial charge in [0.2, 0.25) is 0 Å². The third-order valence-electron chi connectivity index (χ3n) is 3.10. The Hall–Kier alpha value is -1.86. The highest BCUT2D eigenvalue weighted by atomic mass is 19.4. The van der Waals surface area contributed by atoms with E-state index in [4.69, 9.17) is 0 Å². The molecule has 8 heteroatoms. The van der Waals surface area contributed by atoms with Crippen molar-refractivity contribution in [3.05, 3.63) is 28.1 Å². The topological polar surface area (TPSA) is 68.1 Å². The molecule has 1 saturated carbocycles. The first-order valence-corrected chi connectivity index (χ1v) is 5.75. The van der Waals surface area contributed by atoms with Crippen molar-refractivity contribution in [3.8, 4) is 0 Å². The number of aromatic nitrogens is 1. The summed E-state index contributed by atoms with van der Waals surface area (Å²) in [5.41, 5.74) is -1.69. The van der Waals surface area contributed by atoms with Gasteiger partial charge < -0.3 is 5.32 Å². The monoisotopic (exact) mass is 275 g/mol. The van der Waals surface area contributed by atoms with E-state index in [2.05, 4.69) is 10.3 Å². The predicted octanol–water partition coefficient (Wildman–Crippen LogP) is 3.22. The van der Waals surface area contributed by atoms with E-state index in [1.165, 1.54) is 0 Å². The second-order valence-corrected chi connectivity index (χ2v) is 4.76. The minimum absolute atomic E-state index is 0.0165. The minimum Gasteiger partial charge on any atom is -0.377 e. The molecule has 104 valence electrons. The number of hydrogen-bond acceptors (Lipinski definition) is 4. The third kappa shape index (κ3) is 2.94. The lowest BCUT2D eigenvalue weighted by molar-refractivity contribution is -0.384. The standard InChI is InChI=1S/C11H12F3N3O2/c1-6-2-7(3-6)16-8-4-10(11(12,13)14)15-5-9(8)17(18)19/h4-7H,2-3H2,1H3,(H,15,16). The van der Waals surface area contributed by atoms with Crippen LogP contribution >= 0.6 is 0 Å². The van der Waals surface area contributed by atoms with Crippen LogP contribution in [-0.4, -0.2) is 15.9 Å². The Labute approximate surface area is 107 Å². The number of pyridine rings is 1. The number of alkyl halides is 3. The summed E-state index contributed by atoms with van der Waals surface area (Å²) in [5.74, 6) is 0.487. The largest absolute Gasteiger partial charge is 0.433 e. The van der Waals surface area contributed by atoms with Crippen molar-refractivity contribution >= 4 is 11.4 Å². The van der Waals surface area contributed by atoms with Crippen molar-refractivity contribution < 1.29 is 18.1 Å². The number of rotatable bonds is 3. The lowest BCUT2D eigenvalue weighted by atomic mass is 9.82. The van der Waals surface area contributed by atoms with Crippen molar-refractivity contribution in [3.63, 3.8) is 0 Å². The van der Waals surface area contributed by atoms with Gasteiger partial charge in [0, 0.05) is 6.04 Å². The van der Waals surface area contributed by atoms with Crippen LogP contribution in [0.3, 0.4) is 0 Å². The van der Waals surface area contributed by atoms with Crippen LogP contribution in [0, 0.1) is 16.0 Å². The van der Waals surface area contributed by atoms with Crippen LogP contribution in [0.1, 0.15) is 25.5 Å². The van der Waals surface area contributed by atoms with E-state index in [1.807, 2.05) is 6.92 Å². The summed E-state index contributed by atoms with van der Waals surface area (Å²) in [6.45, 7) is 2.01. The maximum Gasteiger partial charge on any atom is 0.433 e. The zero-order valence-corrected chi connectivity index (χ0v) is 10.1. The Kier molecular flexibility index (Phi) is 3.34. The molecule has 0 bridgehead atoms. The zero-order chi connectivity index (χ0) is 14.2. The Bertz CT molecular complexity index is 498. The van der Waals surface area contributed by atoms with Crippen LogP contribution in [0.5, 0.6) is 0 Å². The number of nitrogens with zero attached hydrogens (tertiary/aromatic N) is 2.